The predicted molar refractivity (Wildman–Crippen MR) is 82.0 cm³/mol. The van der Waals surface area contributed by atoms with Crippen LogP contribution in [0, 0.1) is 0 Å². The van der Waals surface area contributed by atoms with Crippen molar-refractivity contribution in [1.29, 1.82) is 0 Å². The van der Waals surface area contributed by atoms with E-state index >= 15 is 0 Å². The molecule has 0 spiro atoms. The molecule has 1 fully saturated rings. The van der Waals surface area contributed by atoms with Crippen LogP contribution in [0.3, 0.4) is 0 Å². The summed E-state index contributed by atoms with van der Waals surface area (Å²) in [6, 6.07) is 5.66. The highest BCUT2D eigenvalue weighted by atomic mass is 16.5. The summed E-state index contributed by atoms with van der Waals surface area (Å²) in [5.41, 5.74) is 2.67. The van der Waals surface area contributed by atoms with Crippen LogP contribution < -0.4 is 10.2 Å². The fourth-order valence-corrected chi connectivity index (χ4v) is 2.96. The molecule has 3 rings (SSSR count). The fourth-order valence-electron chi connectivity index (χ4n) is 2.96. The van der Waals surface area contributed by atoms with Gasteiger partial charge in [0.05, 0.1) is 0 Å². The predicted octanol–water partition coefficient (Wildman–Crippen LogP) is 1.34. The molecule has 6 nitrogen and oxygen atoms in total. The molecule has 1 atom stereocenters. The summed E-state index contributed by atoms with van der Waals surface area (Å²) in [5, 5.41) is 2.77. The summed E-state index contributed by atoms with van der Waals surface area (Å²) >= 11 is 0. The highest BCUT2D eigenvalue weighted by molar-refractivity contribution is 6.00. The number of nitrogens with one attached hydrogen (secondary N) is 1. The Hall–Kier alpha value is -1.92. The summed E-state index contributed by atoms with van der Waals surface area (Å²) in [4.78, 5) is 25.9. The second-order valence-electron chi connectivity index (χ2n) is 5.57. The van der Waals surface area contributed by atoms with Crippen molar-refractivity contribution in [3.8, 4) is 0 Å². The van der Waals surface area contributed by atoms with Crippen LogP contribution in [-0.2, 0) is 25.5 Å². The van der Waals surface area contributed by atoms with E-state index < -0.39 is 0 Å². The Morgan fingerprint density at radius 2 is 2.32 bits per heavy atom. The zero-order chi connectivity index (χ0) is 15.5. The van der Waals surface area contributed by atoms with E-state index in [0.29, 0.717) is 18.8 Å². The molecule has 0 bridgehead atoms. The Kier molecular flexibility index (Phi) is 4.40. The normalized spacial score (nSPS) is 20.0. The molecule has 1 aromatic carbocycles. The lowest BCUT2D eigenvalue weighted by Gasteiger charge is -2.21. The highest BCUT2D eigenvalue weighted by Crippen LogP contribution is 2.32. The smallest absolute Gasteiger partial charge is 0.256 e. The first-order valence-corrected chi connectivity index (χ1v) is 7.54. The van der Waals surface area contributed by atoms with Gasteiger partial charge in [0, 0.05) is 31.6 Å². The lowest BCUT2D eigenvalue weighted by Crippen LogP contribution is -2.37. The number of amides is 2. The van der Waals surface area contributed by atoms with E-state index in [1.165, 1.54) is 7.11 Å². The number of fused-ring (bicyclic) bond motifs is 1. The number of ether oxygens (including phenoxy) is 2. The van der Waals surface area contributed by atoms with Crippen molar-refractivity contribution in [3.63, 3.8) is 0 Å². The van der Waals surface area contributed by atoms with Gasteiger partial charge in [0.25, 0.3) is 5.91 Å². The minimum atomic E-state index is -0.322. The number of carbonyl (C=O) groups is 2. The first-order valence-electron chi connectivity index (χ1n) is 7.54. The third kappa shape index (κ3) is 2.98. The summed E-state index contributed by atoms with van der Waals surface area (Å²) in [6.45, 7) is 1.34. The average molecular weight is 304 g/mol. The average Bonchev–Trinajstić information content (AvgIpc) is 3.16. The van der Waals surface area contributed by atoms with Gasteiger partial charge in [-0.15, -0.1) is 0 Å². The third-order valence-electron chi connectivity index (χ3n) is 4.01. The Bertz CT molecular complexity index is 582. The molecule has 1 N–H and O–H groups in total. The molecule has 6 heteroatoms. The minimum absolute atomic E-state index is 0.00957. The Balaban J connectivity index is 1.76. The van der Waals surface area contributed by atoms with E-state index in [2.05, 4.69) is 5.32 Å². The summed E-state index contributed by atoms with van der Waals surface area (Å²) in [5.74, 6) is -0.186. The van der Waals surface area contributed by atoms with Crippen LogP contribution in [0.25, 0.3) is 0 Å². The summed E-state index contributed by atoms with van der Waals surface area (Å²) < 4.78 is 10.3. The van der Waals surface area contributed by atoms with Crippen LogP contribution in [0.2, 0.25) is 0 Å². The zero-order valence-corrected chi connectivity index (χ0v) is 12.6. The molecular formula is C16H20N2O4. The van der Waals surface area contributed by atoms with Gasteiger partial charge in [0.1, 0.15) is 12.7 Å². The lowest BCUT2D eigenvalue weighted by molar-refractivity contribution is -0.127. The van der Waals surface area contributed by atoms with Gasteiger partial charge in [0.2, 0.25) is 5.91 Å². The van der Waals surface area contributed by atoms with Crippen LogP contribution in [0.5, 0.6) is 0 Å². The lowest BCUT2D eigenvalue weighted by atomic mass is 10.1. The van der Waals surface area contributed by atoms with Gasteiger partial charge in [-0.1, -0.05) is 6.07 Å². The Morgan fingerprint density at radius 3 is 3.05 bits per heavy atom. The van der Waals surface area contributed by atoms with Gasteiger partial charge < -0.3 is 19.7 Å². The van der Waals surface area contributed by atoms with Crippen molar-refractivity contribution in [2.24, 2.45) is 0 Å². The number of benzene rings is 1. The molecule has 2 aliphatic heterocycles. The maximum atomic E-state index is 12.5. The monoisotopic (exact) mass is 304 g/mol. The highest BCUT2D eigenvalue weighted by Gasteiger charge is 2.32. The van der Waals surface area contributed by atoms with Gasteiger partial charge in [0.15, 0.2) is 0 Å². The molecule has 0 unspecified atom stereocenters. The molecule has 0 saturated carbocycles. The molecule has 2 amide bonds. The number of rotatable bonds is 4. The third-order valence-corrected chi connectivity index (χ3v) is 4.01. The van der Waals surface area contributed by atoms with Crippen molar-refractivity contribution in [3.05, 3.63) is 23.8 Å². The SMILES string of the molecule is COCC(=O)Nc1ccc2c(c1)N(C(=O)[C@H]1CCCO1)CC2. The molecule has 0 aliphatic carbocycles. The molecule has 0 radical (unpaired) electrons. The van der Waals surface area contributed by atoms with Gasteiger partial charge in [-0.25, -0.2) is 0 Å². The molecule has 22 heavy (non-hydrogen) atoms. The number of hydrogen-bond donors (Lipinski definition) is 1. The van der Waals surface area contributed by atoms with Crippen LogP contribution in [0.4, 0.5) is 11.4 Å². The van der Waals surface area contributed by atoms with Gasteiger partial charge in [-0.3, -0.25) is 9.59 Å². The number of hydrogen-bond acceptors (Lipinski definition) is 4. The zero-order valence-electron chi connectivity index (χ0n) is 12.6. The van der Waals surface area contributed by atoms with Gasteiger partial charge >= 0.3 is 0 Å². The molecule has 2 heterocycles. The largest absolute Gasteiger partial charge is 0.375 e. The van der Waals surface area contributed by atoms with E-state index in [9.17, 15) is 9.59 Å². The second kappa shape index (κ2) is 6.46. The van der Waals surface area contributed by atoms with Crippen LogP contribution in [0.15, 0.2) is 18.2 Å². The van der Waals surface area contributed by atoms with Crippen LogP contribution in [0.1, 0.15) is 18.4 Å². The molecule has 0 aromatic heterocycles. The first kappa shape index (κ1) is 15.0. The molecule has 118 valence electrons. The van der Waals surface area contributed by atoms with Gasteiger partial charge in [-0.05, 0) is 37.0 Å². The second-order valence-corrected chi connectivity index (χ2v) is 5.57. The van der Waals surface area contributed by atoms with E-state index in [0.717, 1.165) is 30.5 Å². The van der Waals surface area contributed by atoms with E-state index in [1.54, 1.807) is 4.90 Å². The fraction of sp³-hybridized carbons (Fsp3) is 0.500. The molecule has 1 saturated heterocycles. The quantitative estimate of drug-likeness (QED) is 0.911. The van der Waals surface area contributed by atoms with Crippen molar-refractivity contribution in [2.75, 3.05) is 37.1 Å². The summed E-state index contributed by atoms with van der Waals surface area (Å²) in [6.07, 6.45) is 2.23. The topological polar surface area (TPSA) is 67.9 Å². The van der Waals surface area contributed by atoms with Crippen LogP contribution >= 0.6 is 0 Å². The number of methoxy groups -OCH3 is 1. The molecular weight excluding hydrogens is 284 g/mol. The standard InChI is InChI=1S/C16H20N2O4/c1-21-10-15(19)17-12-5-4-11-6-7-18(13(11)9-12)16(20)14-3-2-8-22-14/h4-5,9,14H,2-3,6-8,10H2,1H3,(H,17,19)/t14-/m1/s1. The van der Waals surface area contributed by atoms with Crippen molar-refractivity contribution >= 4 is 23.2 Å². The first-order chi connectivity index (χ1) is 10.7. The van der Waals surface area contributed by atoms with E-state index in [4.69, 9.17) is 9.47 Å². The summed E-state index contributed by atoms with van der Waals surface area (Å²) in [7, 11) is 1.48. The number of carbonyl (C=O) groups excluding carboxylic acids is 2. The van der Waals surface area contributed by atoms with Crippen LogP contribution in [-0.4, -0.2) is 44.8 Å². The molecule has 1 aromatic rings. The van der Waals surface area contributed by atoms with E-state index in [-0.39, 0.29) is 24.5 Å². The Labute approximate surface area is 129 Å². The minimum Gasteiger partial charge on any atom is -0.375 e. The number of anilines is 2. The maximum Gasteiger partial charge on any atom is 0.256 e. The Morgan fingerprint density at radius 1 is 1.45 bits per heavy atom. The maximum absolute atomic E-state index is 12.5. The van der Waals surface area contributed by atoms with Crippen molar-refractivity contribution in [2.45, 2.75) is 25.4 Å². The van der Waals surface area contributed by atoms with Crippen molar-refractivity contribution < 1.29 is 19.1 Å². The molecule has 2 aliphatic rings. The van der Waals surface area contributed by atoms with Crippen molar-refractivity contribution in [1.82, 2.24) is 0 Å². The van der Waals surface area contributed by atoms with Gasteiger partial charge in [-0.2, -0.15) is 0 Å². The number of nitrogens with zero attached hydrogens (tertiary/aromatic N) is 1. The van der Waals surface area contributed by atoms with E-state index in [1.807, 2.05) is 18.2 Å².